The van der Waals surface area contributed by atoms with Gasteiger partial charge in [0.25, 0.3) is 0 Å². The summed E-state index contributed by atoms with van der Waals surface area (Å²) in [4.78, 5) is 25.1. The Hall–Kier alpha value is -2.88. The molecule has 0 aliphatic carbocycles. The zero-order chi connectivity index (χ0) is 21.3. The summed E-state index contributed by atoms with van der Waals surface area (Å²) in [5, 5.41) is 3.73. The van der Waals surface area contributed by atoms with Crippen LogP contribution in [0.4, 0.5) is 16.2 Å². The van der Waals surface area contributed by atoms with Gasteiger partial charge in [-0.2, -0.15) is 4.98 Å². The van der Waals surface area contributed by atoms with E-state index >= 15 is 0 Å². The smallest absolute Gasteiger partial charge is 0.228 e. The van der Waals surface area contributed by atoms with Gasteiger partial charge in [0, 0.05) is 44.0 Å². The van der Waals surface area contributed by atoms with Crippen molar-refractivity contribution in [2.75, 3.05) is 57.6 Å². The summed E-state index contributed by atoms with van der Waals surface area (Å²) in [7, 11) is 2.80. The van der Waals surface area contributed by atoms with Crippen LogP contribution in [0.5, 0.6) is 11.5 Å². The maximum atomic E-state index is 15.0. The minimum atomic E-state index is -0.639. The number of hydrogen-bond acceptors (Lipinski definition) is 8. The second kappa shape index (κ2) is 8.47. The lowest BCUT2D eigenvalue weighted by atomic mass is 10.1. The number of amides is 1. The van der Waals surface area contributed by atoms with E-state index in [0.717, 1.165) is 19.4 Å². The summed E-state index contributed by atoms with van der Waals surface area (Å²) in [5.41, 5.74) is 6.19. The first-order valence-corrected chi connectivity index (χ1v) is 10.2. The van der Waals surface area contributed by atoms with Crippen LogP contribution in [-0.2, 0) is 4.79 Å². The molecular formula is C20H27FN6O3. The fourth-order valence-corrected chi connectivity index (χ4v) is 4.11. The van der Waals surface area contributed by atoms with Gasteiger partial charge in [0.15, 0.2) is 17.3 Å². The molecule has 3 heterocycles. The van der Waals surface area contributed by atoms with Crippen LogP contribution in [-0.4, -0.2) is 73.8 Å². The number of halogens is 1. The van der Waals surface area contributed by atoms with E-state index < -0.39 is 5.82 Å². The summed E-state index contributed by atoms with van der Waals surface area (Å²) >= 11 is 0. The third-order valence-corrected chi connectivity index (χ3v) is 5.79. The molecule has 3 N–H and O–H groups in total. The highest BCUT2D eigenvalue weighted by Crippen LogP contribution is 2.37. The minimum absolute atomic E-state index is 0.0232. The van der Waals surface area contributed by atoms with Crippen molar-refractivity contribution >= 4 is 28.6 Å². The molecular weight excluding hydrogens is 391 g/mol. The molecule has 1 atom stereocenters. The number of anilines is 2. The molecule has 0 saturated carbocycles. The first kappa shape index (κ1) is 20.4. The number of nitrogens with two attached hydrogens (primary N) is 1. The topological polar surface area (TPSA) is 106 Å². The maximum Gasteiger partial charge on any atom is 0.228 e. The number of fused-ring (bicyclic) bond motifs is 1. The average Bonchev–Trinajstić information content (AvgIpc) is 3.27. The van der Waals surface area contributed by atoms with Gasteiger partial charge in [-0.3, -0.25) is 4.79 Å². The molecule has 1 amide bonds. The van der Waals surface area contributed by atoms with Crippen LogP contribution in [0.1, 0.15) is 19.3 Å². The third kappa shape index (κ3) is 3.79. The Bertz CT molecular complexity index is 942. The number of rotatable bonds is 5. The van der Waals surface area contributed by atoms with Crippen molar-refractivity contribution in [2.45, 2.75) is 25.3 Å². The number of carbonyl (C=O) groups excluding carboxylic acids is 1. The molecule has 4 rings (SSSR count). The van der Waals surface area contributed by atoms with Crippen molar-refractivity contribution in [1.82, 2.24) is 20.2 Å². The lowest BCUT2D eigenvalue weighted by Crippen LogP contribution is -2.50. The Morgan fingerprint density at radius 2 is 2.03 bits per heavy atom. The summed E-state index contributed by atoms with van der Waals surface area (Å²) in [5.74, 6) is 0.242. The first-order valence-electron chi connectivity index (χ1n) is 10.2. The fraction of sp³-hybridized carbons (Fsp3) is 0.550. The van der Waals surface area contributed by atoms with Crippen molar-refractivity contribution < 1.29 is 18.7 Å². The molecule has 2 saturated heterocycles. The molecule has 30 heavy (non-hydrogen) atoms. The van der Waals surface area contributed by atoms with Crippen molar-refractivity contribution in [3.63, 3.8) is 0 Å². The van der Waals surface area contributed by atoms with Gasteiger partial charge in [0.1, 0.15) is 11.3 Å². The Kier molecular flexibility index (Phi) is 5.76. The SMILES string of the molecule is COc1cc2c(N)nc(N3CCN(C(=O)CC4CCCN4)CC3)nc2c(F)c1OC. The number of benzene rings is 1. The Morgan fingerprint density at radius 3 is 2.67 bits per heavy atom. The van der Waals surface area contributed by atoms with E-state index in [0.29, 0.717) is 43.9 Å². The molecule has 1 aromatic heterocycles. The van der Waals surface area contributed by atoms with E-state index in [1.54, 1.807) is 6.07 Å². The number of nitrogens with zero attached hydrogens (tertiary/aromatic N) is 4. The van der Waals surface area contributed by atoms with E-state index in [1.807, 2.05) is 9.80 Å². The monoisotopic (exact) mass is 418 g/mol. The van der Waals surface area contributed by atoms with Crippen LogP contribution in [0.3, 0.4) is 0 Å². The molecule has 0 radical (unpaired) electrons. The van der Waals surface area contributed by atoms with Gasteiger partial charge >= 0.3 is 0 Å². The quantitative estimate of drug-likeness (QED) is 0.745. The fourth-order valence-electron chi connectivity index (χ4n) is 4.11. The molecule has 162 valence electrons. The summed E-state index contributed by atoms with van der Waals surface area (Å²) in [6, 6.07) is 1.86. The van der Waals surface area contributed by atoms with Gasteiger partial charge in [0.2, 0.25) is 11.9 Å². The van der Waals surface area contributed by atoms with E-state index in [1.165, 1.54) is 14.2 Å². The highest BCUT2D eigenvalue weighted by Gasteiger charge is 2.27. The van der Waals surface area contributed by atoms with E-state index in [2.05, 4.69) is 15.3 Å². The molecule has 2 aliphatic rings. The number of aromatic nitrogens is 2. The number of nitrogen functional groups attached to an aromatic ring is 1. The van der Waals surface area contributed by atoms with E-state index in [9.17, 15) is 9.18 Å². The summed E-state index contributed by atoms with van der Waals surface area (Å²) in [6.45, 7) is 3.25. The number of ether oxygens (including phenoxy) is 2. The largest absolute Gasteiger partial charge is 0.493 e. The Morgan fingerprint density at radius 1 is 1.27 bits per heavy atom. The van der Waals surface area contributed by atoms with Crippen LogP contribution >= 0.6 is 0 Å². The number of carbonyl (C=O) groups is 1. The molecule has 1 aromatic carbocycles. The van der Waals surface area contributed by atoms with E-state index in [-0.39, 0.29) is 34.8 Å². The zero-order valence-corrected chi connectivity index (χ0v) is 17.3. The zero-order valence-electron chi connectivity index (χ0n) is 17.3. The number of methoxy groups -OCH3 is 2. The van der Waals surface area contributed by atoms with E-state index in [4.69, 9.17) is 15.2 Å². The minimum Gasteiger partial charge on any atom is -0.493 e. The van der Waals surface area contributed by atoms with Gasteiger partial charge in [-0.05, 0) is 25.5 Å². The van der Waals surface area contributed by atoms with Crippen LogP contribution in [0, 0.1) is 5.82 Å². The predicted octanol–water partition coefficient (Wildman–Crippen LogP) is 1.16. The van der Waals surface area contributed by atoms with Crippen LogP contribution in [0.2, 0.25) is 0 Å². The molecule has 1 unspecified atom stereocenters. The predicted molar refractivity (Wildman–Crippen MR) is 111 cm³/mol. The highest BCUT2D eigenvalue weighted by atomic mass is 19.1. The van der Waals surface area contributed by atoms with Crippen LogP contribution < -0.4 is 25.4 Å². The van der Waals surface area contributed by atoms with Crippen LogP contribution in [0.15, 0.2) is 6.07 Å². The van der Waals surface area contributed by atoms with Crippen molar-refractivity contribution in [3.8, 4) is 11.5 Å². The van der Waals surface area contributed by atoms with Gasteiger partial charge in [-0.25, -0.2) is 9.37 Å². The molecule has 0 spiro atoms. The Balaban J connectivity index is 1.51. The molecule has 2 aliphatic heterocycles. The molecule has 10 heteroatoms. The normalized spacial score (nSPS) is 19.4. The lowest BCUT2D eigenvalue weighted by Gasteiger charge is -2.35. The number of hydrogen-bond donors (Lipinski definition) is 2. The highest BCUT2D eigenvalue weighted by molar-refractivity contribution is 5.92. The van der Waals surface area contributed by atoms with Gasteiger partial charge in [0.05, 0.1) is 14.2 Å². The maximum absolute atomic E-state index is 15.0. The average molecular weight is 418 g/mol. The van der Waals surface area contributed by atoms with Gasteiger partial charge in [-0.1, -0.05) is 0 Å². The molecule has 0 bridgehead atoms. The molecule has 2 fully saturated rings. The standard InChI is InChI=1S/C20H27FN6O3/c1-29-14-11-13-17(16(21)18(14)30-2)24-20(25-19(13)22)27-8-6-26(7-9-27)15(28)10-12-4-3-5-23-12/h11-12,23H,3-10H2,1-2H3,(H2,22,24,25). The molecule has 2 aromatic rings. The third-order valence-electron chi connectivity index (χ3n) is 5.79. The first-order chi connectivity index (χ1) is 14.5. The summed E-state index contributed by atoms with van der Waals surface area (Å²) in [6.07, 6.45) is 2.71. The second-order valence-electron chi connectivity index (χ2n) is 7.60. The van der Waals surface area contributed by atoms with Gasteiger partial charge in [-0.15, -0.1) is 0 Å². The lowest BCUT2D eigenvalue weighted by molar-refractivity contribution is -0.131. The van der Waals surface area contributed by atoms with Crippen molar-refractivity contribution in [2.24, 2.45) is 0 Å². The van der Waals surface area contributed by atoms with Crippen molar-refractivity contribution in [3.05, 3.63) is 11.9 Å². The van der Waals surface area contributed by atoms with Crippen molar-refractivity contribution in [1.29, 1.82) is 0 Å². The molecule has 9 nitrogen and oxygen atoms in total. The second-order valence-corrected chi connectivity index (χ2v) is 7.60. The number of piperazine rings is 1. The summed E-state index contributed by atoms with van der Waals surface area (Å²) < 4.78 is 25.3. The Labute approximate surface area is 174 Å². The van der Waals surface area contributed by atoms with Crippen LogP contribution in [0.25, 0.3) is 10.9 Å². The van der Waals surface area contributed by atoms with Gasteiger partial charge < -0.3 is 30.3 Å². The number of nitrogens with one attached hydrogen (secondary N) is 1.